The third-order valence-corrected chi connectivity index (χ3v) is 0. The first-order chi connectivity index (χ1) is 0. The van der Waals surface area contributed by atoms with Crippen molar-refractivity contribution in [1.82, 2.24) is 0 Å². The predicted octanol–water partition coefficient (Wildman–Crippen LogP) is -1.23. The van der Waals surface area contributed by atoms with E-state index in [1.165, 1.54) is 0 Å². The Bertz CT molecular complexity index is 6.85. The Kier molecular flexibility index (Phi) is 416. The van der Waals surface area contributed by atoms with E-state index in [0.29, 0.717) is 0 Å². The molecule has 0 fully saturated rings. The largest absolute Gasteiger partial charge is 2.00 e. The molecule has 0 heterocycles. The van der Waals surface area contributed by atoms with E-state index in [4.69, 9.17) is 0 Å². The summed E-state index contributed by atoms with van der Waals surface area (Å²) in [7, 11) is 0. The average Bonchev–Trinajstić information content (AvgIpc) is 0. The normalized spacial score (nSPS) is 0. The molecule has 0 atom stereocenters. The van der Waals surface area contributed by atoms with Crippen molar-refractivity contribution in [1.29, 1.82) is 0 Å². The molecule has 0 rings (SSSR count). The fourth-order valence-corrected chi connectivity index (χ4v) is 0. The molecule has 0 saturated heterocycles. The Morgan fingerprint density at radius 1 is 0.600 bits per heavy atom. The molecule has 0 amide bonds. The Balaban J connectivity index is 0. The summed E-state index contributed by atoms with van der Waals surface area (Å²) in [5, 5.41) is 0. The van der Waals surface area contributed by atoms with Crippen molar-refractivity contribution in [2.75, 3.05) is 0 Å². The molecule has 3 nitrogen and oxygen atoms in total. The summed E-state index contributed by atoms with van der Waals surface area (Å²) in [5.74, 6) is 0. The Morgan fingerprint density at radius 2 is 0.600 bits per heavy atom. The van der Waals surface area contributed by atoms with Crippen LogP contribution in [0.3, 0.4) is 0 Å². The number of nitrogens with two attached hydrogens (primary N) is 3. The van der Waals surface area contributed by atoms with E-state index in [1.54, 1.807) is 0 Å². The monoisotopic (exact) mass is 111 g/mol. The topological polar surface area (TPSA) is 100 Å². The van der Waals surface area contributed by atoms with Gasteiger partial charge in [0.1, 0.15) is 0 Å². The summed E-state index contributed by atoms with van der Waals surface area (Å²) >= 11 is 0. The van der Waals surface area contributed by atoms with E-state index in [9.17, 15) is 0 Å². The van der Waals surface area contributed by atoms with Gasteiger partial charge >= 0.3 is 67.3 Å². The summed E-state index contributed by atoms with van der Waals surface area (Å²) in [6.07, 6.45) is 0. The van der Waals surface area contributed by atoms with Crippen molar-refractivity contribution in [3.05, 3.63) is 18.5 Å². The molecule has 5 heteroatoms. The molecular formula is H6CaN3Na. The summed E-state index contributed by atoms with van der Waals surface area (Å²) in [6.45, 7) is 0. The van der Waals surface area contributed by atoms with Gasteiger partial charge in [0, 0.05) is 0 Å². The zero-order chi connectivity index (χ0) is 0. The molecule has 0 aliphatic rings. The minimum Gasteiger partial charge on any atom is -0.693 e. The first-order valence-electron chi connectivity index (χ1n) is 0. The van der Waals surface area contributed by atoms with E-state index in [0.717, 1.165) is 0 Å². The van der Waals surface area contributed by atoms with Crippen LogP contribution in [0.1, 0.15) is 0 Å². The van der Waals surface area contributed by atoms with Gasteiger partial charge < -0.3 is 18.5 Å². The third kappa shape index (κ3) is 23.0. The molecular weight excluding hydrogens is 105 g/mol. The molecule has 0 saturated carbocycles. The van der Waals surface area contributed by atoms with Crippen LogP contribution < -0.4 is 29.6 Å². The molecule has 0 aromatic carbocycles. The van der Waals surface area contributed by atoms with E-state index in [-0.39, 0.29) is 85.7 Å². The van der Waals surface area contributed by atoms with Crippen molar-refractivity contribution in [3.63, 3.8) is 0 Å². The van der Waals surface area contributed by atoms with Crippen molar-refractivity contribution in [2.45, 2.75) is 0 Å². The molecule has 0 aromatic heterocycles. The van der Waals surface area contributed by atoms with Crippen LogP contribution in [0.15, 0.2) is 0 Å². The van der Waals surface area contributed by atoms with Crippen LogP contribution in [0, 0.1) is 0 Å². The summed E-state index contributed by atoms with van der Waals surface area (Å²) in [4.78, 5) is 0. The first-order valence-corrected chi connectivity index (χ1v) is 0. The second-order valence-electron chi connectivity index (χ2n) is 0. The van der Waals surface area contributed by atoms with Gasteiger partial charge in [0.2, 0.25) is 0 Å². The summed E-state index contributed by atoms with van der Waals surface area (Å²) < 4.78 is 0. The minimum absolute atomic E-state index is 0. The molecule has 0 aliphatic heterocycles. The molecule has 24 valence electrons. The van der Waals surface area contributed by atoms with Gasteiger partial charge in [0.25, 0.3) is 0 Å². The van der Waals surface area contributed by atoms with E-state index in [2.05, 4.69) is 0 Å². The van der Waals surface area contributed by atoms with E-state index in [1.807, 2.05) is 0 Å². The molecule has 0 bridgehead atoms. The van der Waals surface area contributed by atoms with Crippen LogP contribution in [-0.2, 0) is 0 Å². The van der Waals surface area contributed by atoms with Crippen LogP contribution >= 0.6 is 0 Å². The maximum absolute atomic E-state index is 0. The van der Waals surface area contributed by atoms with Crippen LogP contribution in [-0.4, -0.2) is 37.7 Å². The smallest absolute Gasteiger partial charge is 0.693 e. The van der Waals surface area contributed by atoms with Gasteiger partial charge in [-0.3, -0.25) is 0 Å². The maximum atomic E-state index is 0. The average molecular weight is 111 g/mol. The van der Waals surface area contributed by atoms with Crippen LogP contribution in [0.5, 0.6) is 0 Å². The molecule has 0 unspecified atom stereocenters. The van der Waals surface area contributed by atoms with E-state index >= 15 is 0 Å². The molecule has 0 aromatic rings. The van der Waals surface area contributed by atoms with Gasteiger partial charge in [-0.15, -0.1) is 0 Å². The van der Waals surface area contributed by atoms with Crippen molar-refractivity contribution < 1.29 is 29.6 Å². The summed E-state index contributed by atoms with van der Waals surface area (Å²) in [5.41, 5.74) is 0. The zero-order valence-corrected chi connectivity index (χ0v) is 7.65. The molecule has 5 heavy (non-hydrogen) atoms. The number of hydrogen-bond acceptors (Lipinski definition) is 0. The van der Waals surface area contributed by atoms with Crippen molar-refractivity contribution in [2.24, 2.45) is 0 Å². The Hall–Kier alpha value is 2.14. The second kappa shape index (κ2) is 35.4. The SMILES string of the molecule is [Ca+2].[NH2-].[NH2-].[NH2-].[Na+]. The van der Waals surface area contributed by atoms with Gasteiger partial charge in [-0.25, -0.2) is 0 Å². The summed E-state index contributed by atoms with van der Waals surface area (Å²) in [6, 6.07) is 0. The fraction of sp³-hybridized carbons (Fsp3) is 0. The quantitative estimate of drug-likeness (QED) is 0.350. The van der Waals surface area contributed by atoms with Crippen LogP contribution in [0.2, 0.25) is 0 Å². The molecule has 6 N–H and O–H groups in total. The predicted molar refractivity (Wildman–Crippen MR) is 21.6 cm³/mol. The van der Waals surface area contributed by atoms with Gasteiger partial charge in [0.15, 0.2) is 0 Å². The van der Waals surface area contributed by atoms with E-state index < -0.39 is 0 Å². The zero-order valence-electron chi connectivity index (χ0n) is 3.44. The Labute approximate surface area is 84.3 Å². The third-order valence-electron chi connectivity index (χ3n) is 0. The number of rotatable bonds is 0. The van der Waals surface area contributed by atoms with Gasteiger partial charge in [-0.1, -0.05) is 0 Å². The maximum Gasteiger partial charge on any atom is 2.00 e. The second-order valence-corrected chi connectivity index (χ2v) is 0. The Morgan fingerprint density at radius 3 is 0.600 bits per heavy atom. The van der Waals surface area contributed by atoms with Crippen molar-refractivity contribution in [3.8, 4) is 0 Å². The fourth-order valence-electron chi connectivity index (χ4n) is 0. The molecule has 0 radical (unpaired) electrons. The number of hydrogen-bond donors (Lipinski definition) is 0. The van der Waals surface area contributed by atoms with Crippen LogP contribution in [0.4, 0.5) is 0 Å². The van der Waals surface area contributed by atoms with Gasteiger partial charge in [0.05, 0.1) is 0 Å². The van der Waals surface area contributed by atoms with Crippen LogP contribution in [0.25, 0.3) is 18.5 Å². The standard InChI is InChI=1S/Ca.3H2N.Na/h;3*1H2;/q+2;3*-1;+1. The molecule has 0 spiro atoms. The molecule has 0 aliphatic carbocycles. The minimum atomic E-state index is 0. The van der Waals surface area contributed by atoms with Crippen molar-refractivity contribution >= 4 is 37.7 Å². The van der Waals surface area contributed by atoms with Gasteiger partial charge in [-0.05, 0) is 0 Å². The first kappa shape index (κ1) is 58.8. The van der Waals surface area contributed by atoms with Gasteiger partial charge in [-0.2, -0.15) is 0 Å².